The van der Waals surface area contributed by atoms with Gasteiger partial charge in [-0.15, -0.1) is 0 Å². The number of furan rings is 1. The van der Waals surface area contributed by atoms with Gasteiger partial charge in [0.15, 0.2) is 0 Å². The Morgan fingerprint density at radius 2 is 2.00 bits per heavy atom. The summed E-state index contributed by atoms with van der Waals surface area (Å²) in [7, 11) is 0. The second-order valence-corrected chi connectivity index (χ2v) is 4.60. The molecule has 1 unspecified atom stereocenters. The Balaban J connectivity index is 2.22. The van der Waals surface area contributed by atoms with Crippen molar-refractivity contribution in [1.82, 2.24) is 0 Å². The zero-order valence-corrected chi connectivity index (χ0v) is 10.9. The van der Waals surface area contributed by atoms with Crippen molar-refractivity contribution in [2.24, 2.45) is 0 Å². The van der Waals surface area contributed by atoms with Crippen LogP contribution in [-0.4, -0.2) is 11.5 Å². The molecule has 0 aliphatic rings. The maximum atomic E-state index is 10.8. The zero-order valence-electron chi connectivity index (χ0n) is 10.9. The second-order valence-electron chi connectivity index (χ2n) is 4.60. The first kappa shape index (κ1) is 13.1. The van der Waals surface area contributed by atoms with Crippen molar-refractivity contribution in [3.8, 4) is 0 Å². The molecular formula is C14H16N2O3. The van der Waals surface area contributed by atoms with E-state index in [2.05, 4.69) is 11.4 Å². The van der Waals surface area contributed by atoms with Gasteiger partial charge in [-0.1, -0.05) is 6.07 Å². The van der Waals surface area contributed by atoms with Gasteiger partial charge >= 0.3 is 0 Å². The SMILES string of the molecule is Cc1cc(C)cc(NC(C[N+](=O)[O-])c2ccco2)c1. The first-order valence-electron chi connectivity index (χ1n) is 6.04. The highest BCUT2D eigenvalue weighted by Crippen LogP contribution is 2.22. The lowest BCUT2D eigenvalue weighted by atomic mass is 10.1. The maximum Gasteiger partial charge on any atom is 0.231 e. The number of hydrogen-bond acceptors (Lipinski definition) is 4. The van der Waals surface area contributed by atoms with E-state index in [9.17, 15) is 10.1 Å². The highest BCUT2D eigenvalue weighted by molar-refractivity contribution is 5.49. The number of nitrogens with zero attached hydrogens (tertiary/aromatic N) is 1. The van der Waals surface area contributed by atoms with Gasteiger partial charge in [0.2, 0.25) is 6.54 Å². The summed E-state index contributed by atoms with van der Waals surface area (Å²) >= 11 is 0. The van der Waals surface area contributed by atoms with E-state index in [0.717, 1.165) is 16.8 Å². The van der Waals surface area contributed by atoms with Crippen molar-refractivity contribution in [2.75, 3.05) is 11.9 Å². The fourth-order valence-electron chi connectivity index (χ4n) is 2.10. The third-order valence-corrected chi connectivity index (χ3v) is 2.78. The molecule has 0 saturated heterocycles. The van der Waals surface area contributed by atoms with E-state index in [1.165, 1.54) is 6.26 Å². The Bertz CT molecular complexity index is 544. The summed E-state index contributed by atoms with van der Waals surface area (Å²) in [5, 5.41) is 13.9. The van der Waals surface area contributed by atoms with Crippen LogP contribution in [0.1, 0.15) is 22.9 Å². The molecule has 0 fully saturated rings. The Morgan fingerprint density at radius 1 is 1.32 bits per heavy atom. The molecule has 2 aromatic rings. The summed E-state index contributed by atoms with van der Waals surface area (Å²) in [4.78, 5) is 10.4. The van der Waals surface area contributed by atoms with E-state index in [1.807, 2.05) is 26.0 Å². The van der Waals surface area contributed by atoms with Crippen LogP contribution in [0.2, 0.25) is 0 Å². The highest BCUT2D eigenvalue weighted by Gasteiger charge is 2.20. The lowest BCUT2D eigenvalue weighted by Gasteiger charge is -2.15. The molecule has 100 valence electrons. The quantitative estimate of drug-likeness (QED) is 0.661. The highest BCUT2D eigenvalue weighted by atomic mass is 16.6. The minimum Gasteiger partial charge on any atom is -0.467 e. The van der Waals surface area contributed by atoms with Gasteiger partial charge in [0.05, 0.1) is 6.26 Å². The number of hydrogen-bond donors (Lipinski definition) is 1. The summed E-state index contributed by atoms with van der Waals surface area (Å²) in [6.07, 6.45) is 1.52. The van der Waals surface area contributed by atoms with Crippen molar-refractivity contribution in [1.29, 1.82) is 0 Å². The molecule has 1 aromatic carbocycles. The first-order valence-corrected chi connectivity index (χ1v) is 6.04. The number of anilines is 1. The number of nitrogens with one attached hydrogen (secondary N) is 1. The van der Waals surface area contributed by atoms with Gasteiger partial charge < -0.3 is 9.73 Å². The normalized spacial score (nSPS) is 12.1. The molecule has 1 N–H and O–H groups in total. The summed E-state index contributed by atoms with van der Waals surface area (Å²) in [6, 6.07) is 8.98. The van der Waals surface area contributed by atoms with Crippen LogP contribution in [0.4, 0.5) is 5.69 Å². The van der Waals surface area contributed by atoms with Crippen LogP contribution < -0.4 is 5.32 Å². The van der Waals surface area contributed by atoms with Crippen molar-refractivity contribution in [2.45, 2.75) is 19.9 Å². The Labute approximate surface area is 111 Å². The van der Waals surface area contributed by atoms with Gasteiger partial charge in [0.25, 0.3) is 0 Å². The van der Waals surface area contributed by atoms with Crippen molar-refractivity contribution < 1.29 is 9.34 Å². The van der Waals surface area contributed by atoms with Crippen LogP contribution in [0.3, 0.4) is 0 Å². The monoisotopic (exact) mass is 260 g/mol. The summed E-state index contributed by atoms with van der Waals surface area (Å²) in [6.45, 7) is 3.77. The summed E-state index contributed by atoms with van der Waals surface area (Å²) < 4.78 is 5.26. The Kier molecular flexibility index (Phi) is 3.85. The van der Waals surface area contributed by atoms with E-state index >= 15 is 0 Å². The molecule has 0 saturated carbocycles. The average molecular weight is 260 g/mol. The molecule has 5 nitrogen and oxygen atoms in total. The molecule has 19 heavy (non-hydrogen) atoms. The lowest BCUT2D eigenvalue weighted by Crippen LogP contribution is -2.20. The van der Waals surface area contributed by atoms with Crippen LogP contribution in [-0.2, 0) is 0 Å². The Hall–Kier alpha value is -2.30. The third kappa shape index (κ3) is 3.58. The van der Waals surface area contributed by atoms with Gasteiger partial charge in [-0.3, -0.25) is 10.1 Å². The van der Waals surface area contributed by atoms with E-state index < -0.39 is 6.04 Å². The largest absolute Gasteiger partial charge is 0.467 e. The smallest absolute Gasteiger partial charge is 0.231 e. The van der Waals surface area contributed by atoms with Crippen molar-refractivity contribution in [3.63, 3.8) is 0 Å². The predicted octanol–water partition coefficient (Wildman–Crippen LogP) is 3.33. The van der Waals surface area contributed by atoms with Crippen LogP contribution in [0.25, 0.3) is 0 Å². The maximum absolute atomic E-state index is 10.8. The molecule has 0 radical (unpaired) electrons. The number of aryl methyl sites for hydroxylation is 2. The molecule has 1 atom stereocenters. The van der Waals surface area contributed by atoms with Crippen molar-refractivity contribution in [3.05, 3.63) is 63.6 Å². The molecule has 0 aliphatic heterocycles. The minimum atomic E-state index is -0.466. The molecule has 2 rings (SSSR count). The molecule has 0 amide bonds. The van der Waals surface area contributed by atoms with E-state index in [1.54, 1.807) is 12.1 Å². The van der Waals surface area contributed by atoms with E-state index in [4.69, 9.17) is 4.42 Å². The predicted molar refractivity (Wildman–Crippen MR) is 72.8 cm³/mol. The van der Waals surface area contributed by atoms with E-state index in [-0.39, 0.29) is 11.5 Å². The fraction of sp³-hybridized carbons (Fsp3) is 0.286. The number of nitro groups is 1. The first-order chi connectivity index (χ1) is 9.04. The average Bonchev–Trinajstić information content (AvgIpc) is 2.79. The van der Waals surface area contributed by atoms with Crippen LogP contribution in [0.15, 0.2) is 41.0 Å². The molecular weight excluding hydrogens is 244 g/mol. The molecule has 0 spiro atoms. The summed E-state index contributed by atoms with van der Waals surface area (Å²) in [5.74, 6) is 0.566. The molecule has 5 heteroatoms. The number of benzene rings is 1. The summed E-state index contributed by atoms with van der Waals surface area (Å²) in [5.41, 5.74) is 3.09. The fourth-order valence-corrected chi connectivity index (χ4v) is 2.10. The van der Waals surface area contributed by atoms with Gasteiger partial charge in [-0.05, 0) is 49.2 Å². The third-order valence-electron chi connectivity index (χ3n) is 2.78. The standard InChI is InChI=1S/C14H16N2O3/c1-10-6-11(2)8-12(7-10)15-13(9-16(17)18)14-4-3-5-19-14/h3-8,13,15H,9H2,1-2H3. The van der Waals surface area contributed by atoms with Crippen molar-refractivity contribution >= 4 is 5.69 Å². The van der Waals surface area contributed by atoms with Crippen LogP contribution >= 0.6 is 0 Å². The minimum absolute atomic E-state index is 0.222. The Morgan fingerprint density at radius 3 is 2.53 bits per heavy atom. The topological polar surface area (TPSA) is 68.3 Å². The number of rotatable bonds is 5. The van der Waals surface area contributed by atoms with E-state index in [0.29, 0.717) is 5.76 Å². The van der Waals surface area contributed by atoms with Crippen LogP contribution in [0, 0.1) is 24.0 Å². The second kappa shape index (κ2) is 5.56. The van der Waals surface area contributed by atoms with Gasteiger partial charge in [0.1, 0.15) is 11.8 Å². The molecule has 1 heterocycles. The molecule has 1 aromatic heterocycles. The van der Waals surface area contributed by atoms with Gasteiger partial charge in [-0.2, -0.15) is 0 Å². The van der Waals surface area contributed by atoms with Gasteiger partial charge in [0, 0.05) is 10.6 Å². The van der Waals surface area contributed by atoms with Crippen LogP contribution in [0.5, 0.6) is 0 Å². The zero-order chi connectivity index (χ0) is 13.8. The lowest BCUT2D eigenvalue weighted by molar-refractivity contribution is -0.482. The molecule has 0 bridgehead atoms. The molecule has 0 aliphatic carbocycles. The van der Waals surface area contributed by atoms with Gasteiger partial charge in [-0.25, -0.2) is 0 Å².